The highest BCUT2D eigenvalue weighted by Gasteiger charge is 2.20. The monoisotopic (exact) mass is 250 g/mol. The molecule has 0 aliphatic rings. The minimum atomic E-state index is -1.46. The number of phenols is 2. The number of benzene rings is 1. The second-order valence-electron chi connectivity index (χ2n) is 2.22. The topological polar surface area (TPSA) is 77.8 Å². The largest absolute Gasteiger partial charge is 0.504 e. The van der Waals surface area contributed by atoms with Crippen LogP contribution in [0.25, 0.3) is 0 Å². The number of aromatic hydroxyl groups is 2. The molecule has 70 valence electrons. The van der Waals surface area contributed by atoms with E-state index in [1.807, 2.05) is 0 Å². The maximum absolute atomic E-state index is 12.7. The Balaban J connectivity index is 3.53. The molecule has 4 nitrogen and oxygen atoms in total. The van der Waals surface area contributed by atoms with E-state index < -0.39 is 28.8 Å². The number of hydrogen-bond acceptors (Lipinski definition) is 3. The van der Waals surface area contributed by atoms with Crippen molar-refractivity contribution in [2.75, 3.05) is 0 Å². The fraction of sp³-hybridized carbons (Fsp3) is 0. The molecule has 6 heteroatoms. The number of phenolic OH excluding ortho intramolecular Hbond substituents is 1. The number of aromatic carboxylic acids is 1. The van der Waals surface area contributed by atoms with Gasteiger partial charge < -0.3 is 15.3 Å². The van der Waals surface area contributed by atoms with Gasteiger partial charge in [0.05, 0.1) is 0 Å². The molecule has 3 N–H and O–H groups in total. The van der Waals surface area contributed by atoms with Crippen LogP contribution in [0.1, 0.15) is 10.4 Å². The first-order valence-electron chi connectivity index (χ1n) is 3.08. The first-order chi connectivity index (χ1) is 5.95. The fourth-order valence-corrected chi connectivity index (χ4v) is 1.36. The smallest absolute Gasteiger partial charge is 0.340 e. The molecule has 0 aromatic heterocycles. The Morgan fingerprint density at radius 2 is 1.92 bits per heavy atom. The molecule has 0 fully saturated rings. The summed E-state index contributed by atoms with van der Waals surface area (Å²) in [5.74, 6) is -4.60. The number of halogens is 2. The Hall–Kier alpha value is -1.30. The van der Waals surface area contributed by atoms with Crippen LogP contribution in [0.4, 0.5) is 4.39 Å². The van der Waals surface area contributed by atoms with Gasteiger partial charge in [-0.15, -0.1) is 0 Å². The van der Waals surface area contributed by atoms with E-state index in [0.29, 0.717) is 0 Å². The number of rotatable bonds is 1. The van der Waals surface area contributed by atoms with Crippen LogP contribution in [0.3, 0.4) is 0 Å². The summed E-state index contributed by atoms with van der Waals surface area (Å²) in [5, 5.41) is 26.4. The quantitative estimate of drug-likeness (QED) is 0.664. The van der Waals surface area contributed by atoms with Gasteiger partial charge in [-0.3, -0.25) is 0 Å². The van der Waals surface area contributed by atoms with Crippen LogP contribution in [0.15, 0.2) is 10.5 Å². The van der Waals surface area contributed by atoms with Crippen molar-refractivity contribution in [2.24, 2.45) is 0 Å². The third kappa shape index (κ3) is 1.57. The molecule has 0 bridgehead atoms. The van der Waals surface area contributed by atoms with Crippen molar-refractivity contribution in [3.8, 4) is 11.5 Å². The van der Waals surface area contributed by atoms with Crippen molar-refractivity contribution >= 4 is 21.9 Å². The van der Waals surface area contributed by atoms with E-state index >= 15 is 0 Å². The number of carboxylic acids is 1. The molecule has 0 amide bonds. The van der Waals surface area contributed by atoms with E-state index in [2.05, 4.69) is 15.9 Å². The van der Waals surface area contributed by atoms with Crippen LogP contribution >= 0.6 is 15.9 Å². The fourth-order valence-electron chi connectivity index (χ4n) is 0.800. The summed E-state index contributed by atoms with van der Waals surface area (Å²) < 4.78 is 12.5. The Kier molecular flexibility index (Phi) is 2.42. The maximum Gasteiger partial charge on any atom is 0.340 e. The van der Waals surface area contributed by atoms with Gasteiger partial charge in [0.2, 0.25) is 0 Å². The highest BCUT2D eigenvalue weighted by molar-refractivity contribution is 9.10. The molecule has 0 aliphatic heterocycles. The molecule has 0 aliphatic carbocycles. The SMILES string of the molecule is O=C(O)c1c(Br)cc(F)c(O)c1O. The predicted octanol–water partition coefficient (Wildman–Crippen LogP) is 1.70. The lowest BCUT2D eigenvalue weighted by Crippen LogP contribution is -1.99. The zero-order valence-electron chi connectivity index (χ0n) is 6.08. The third-order valence-electron chi connectivity index (χ3n) is 1.39. The number of hydrogen-bond donors (Lipinski definition) is 3. The number of carbonyl (C=O) groups is 1. The summed E-state index contributed by atoms with van der Waals surface area (Å²) in [4.78, 5) is 10.5. The molecule has 0 spiro atoms. The molecule has 0 radical (unpaired) electrons. The van der Waals surface area contributed by atoms with Crippen molar-refractivity contribution in [3.05, 3.63) is 21.9 Å². The van der Waals surface area contributed by atoms with Crippen molar-refractivity contribution in [3.63, 3.8) is 0 Å². The van der Waals surface area contributed by atoms with Gasteiger partial charge in [-0.05, 0) is 22.0 Å². The highest BCUT2D eigenvalue weighted by atomic mass is 79.9. The molecular weight excluding hydrogens is 247 g/mol. The minimum Gasteiger partial charge on any atom is -0.504 e. The first kappa shape index (κ1) is 9.79. The molecule has 0 heterocycles. The van der Waals surface area contributed by atoms with Crippen LogP contribution in [-0.4, -0.2) is 21.3 Å². The lowest BCUT2D eigenvalue weighted by Gasteiger charge is -2.04. The average Bonchev–Trinajstić information content (AvgIpc) is 1.99. The molecule has 0 unspecified atom stereocenters. The summed E-state index contributed by atoms with van der Waals surface area (Å²) in [6, 6.07) is 0.762. The van der Waals surface area contributed by atoms with Gasteiger partial charge in [-0.2, -0.15) is 0 Å². The summed E-state index contributed by atoms with van der Waals surface area (Å²) >= 11 is 2.74. The summed E-state index contributed by atoms with van der Waals surface area (Å²) in [6.07, 6.45) is 0. The minimum absolute atomic E-state index is 0.132. The van der Waals surface area contributed by atoms with Gasteiger partial charge in [-0.25, -0.2) is 9.18 Å². The number of carboxylic acid groups (broad SMARTS) is 1. The Labute approximate surface area is 80.4 Å². The van der Waals surface area contributed by atoms with Crippen molar-refractivity contribution in [1.29, 1.82) is 0 Å². The van der Waals surface area contributed by atoms with Crippen molar-refractivity contribution in [1.82, 2.24) is 0 Å². The molecule has 0 saturated heterocycles. The van der Waals surface area contributed by atoms with E-state index in [-0.39, 0.29) is 4.47 Å². The van der Waals surface area contributed by atoms with Gasteiger partial charge >= 0.3 is 5.97 Å². The second kappa shape index (κ2) is 3.21. The van der Waals surface area contributed by atoms with E-state index in [9.17, 15) is 9.18 Å². The van der Waals surface area contributed by atoms with Crippen LogP contribution < -0.4 is 0 Å². The Morgan fingerprint density at radius 1 is 1.38 bits per heavy atom. The lowest BCUT2D eigenvalue weighted by atomic mass is 10.2. The van der Waals surface area contributed by atoms with Crippen LogP contribution in [0.2, 0.25) is 0 Å². The lowest BCUT2D eigenvalue weighted by molar-refractivity contribution is 0.0691. The van der Waals surface area contributed by atoms with E-state index in [1.165, 1.54) is 0 Å². The van der Waals surface area contributed by atoms with Crippen molar-refractivity contribution in [2.45, 2.75) is 0 Å². The summed E-state index contributed by atoms with van der Waals surface area (Å²) in [6.45, 7) is 0. The maximum atomic E-state index is 12.7. The van der Waals surface area contributed by atoms with Crippen LogP contribution in [0.5, 0.6) is 11.5 Å². The zero-order valence-corrected chi connectivity index (χ0v) is 7.67. The first-order valence-corrected chi connectivity index (χ1v) is 3.87. The predicted molar refractivity (Wildman–Crippen MR) is 44.4 cm³/mol. The van der Waals surface area contributed by atoms with Gasteiger partial charge in [0.15, 0.2) is 17.3 Å². The van der Waals surface area contributed by atoms with Gasteiger partial charge in [0, 0.05) is 4.47 Å². The zero-order chi connectivity index (χ0) is 10.2. The summed E-state index contributed by atoms with van der Waals surface area (Å²) in [7, 11) is 0. The molecule has 1 aromatic rings. The average molecular weight is 251 g/mol. The van der Waals surface area contributed by atoms with E-state index in [0.717, 1.165) is 6.07 Å². The van der Waals surface area contributed by atoms with E-state index in [4.69, 9.17) is 15.3 Å². The molecule has 13 heavy (non-hydrogen) atoms. The highest BCUT2D eigenvalue weighted by Crippen LogP contribution is 2.36. The second-order valence-corrected chi connectivity index (χ2v) is 3.07. The van der Waals surface area contributed by atoms with Crippen molar-refractivity contribution < 1.29 is 24.5 Å². The Bertz CT molecular complexity index is 377. The van der Waals surface area contributed by atoms with Gasteiger partial charge in [0.1, 0.15) is 5.56 Å². The molecule has 0 atom stereocenters. The Morgan fingerprint density at radius 3 is 2.38 bits per heavy atom. The van der Waals surface area contributed by atoms with Gasteiger partial charge in [-0.1, -0.05) is 0 Å². The van der Waals surface area contributed by atoms with Crippen LogP contribution in [-0.2, 0) is 0 Å². The molecule has 0 saturated carbocycles. The molecule has 1 aromatic carbocycles. The standard InChI is InChI=1S/C7H4BrFO4/c8-2-1-3(9)5(10)6(11)4(2)7(12)13/h1,10-11H,(H,12,13). The van der Waals surface area contributed by atoms with Gasteiger partial charge in [0.25, 0.3) is 0 Å². The third-order valence-corrected chi connectivity index (χ3v) is 2.02. The van der Waals surface area contributed by atoms with Crippen LogP contribution in [0, 0.1) is 5.82 Å². The summed E-state index contributed by atoms with van der Waals surface area (Å²) in [5.41, 5.74) is -0.570. The molecular formula is C7H4BrFO4. The molecule has 1 rings (SSSR count). The van der Waals surface area contributed by atoms with E-state index in [1.54, 1.807) is 0 Å². The normalized spacial score (nSPS) is 10.0.